The molecule has 0 radical (unpaired) electrons. The van der Waals surface area contributed by atoms with Gasteiger partial charge in [-0.05, 0) is 18.2 Å². The van der Waals surface area contributed by atoms with Crippen molar-refractivity contribution in [2.45, 2.75) is 6.42 Å². The molecule has 1 atom stereocenters. The van der Waals surface area contributed by atoms with Gasteiger partial charge in [-0.2, -0.15) is 0 Å². The summed E-state index contributed by atoms with van der Waals surface area (Å²) in [7, 11) is 1.31. The largest absolute Gasteiger partial charge is 0.469 e. The molecule has 2 rings (SSSR count). The molecule has 0 N–H and O–H groups in total. The predicted octanol–water partition coefficient (Wildman–Crippen LogP) is 2.52. The number of amides is 1. The van der Waals surface area contributed by atoms with E-state index < -0.39 is 5.92 Å². The second kappa shape index (κ2) is 5.16. The Morgan fingerprint density at radius 2 is 2.17 bits per heavy atom. The quantitative estimate of drug-likeness (QED) is 0.786. The number of esters is 1. The molecule has 0 aliphatic carbocycles. The van der Waals surface area contributed by atoms with Gasteiger partial charge in [0.15, 0.2) is 0 Å². The van der Waals surface area contributed by atoms with E-state index in [4.69, 9.17) is 23.2 Å². The van der Waals surface area contributed by atoms with E-state index in [0.29, 0.717) is 15.7 Å². The third-order valence-electron chi connectivity index (χ3n) is 2.86. The van der Waals surface area contributed by atoms with Crippen LogP contribution >= 0.6 is 23.2 Å². The highest BCUT2D eigenvalue weighted by atomic mass is 35.5. The Hall–Kier alpha value is -1.26. The summed E-state index contributed by atoms with van der Waals surface area (Å²) in [6, 6.07) is 4.89. The van der Waals surface area contributed by atoms with Crippen molar-refractivity contribution in [1.82, 2.24) is 0 Å². The predicted molar refractivity (Wildman–Crippen MR) is 68.9 cm³/mol. The topological polar surface area (TPSA) is 46.6 Å². The average molecular weight is 288 g/mol. The van der Waals surface area contributed by atoms with Crippen LogP contribution in [0.5, 0.6) is 0 Å². The Bertz CT molecular complexity index is 504. The lowest BCUT2D eigenvalue weighted by Gasteiger charge is -2.17. The van der Waals surface area contributed by atoms with E-state index in [1.165, 1.54) is 12.0 Å². The molecule has 4 nitrogen and oxygen atoms in total. The normalized spacial score (nSPS) is 19.2. The standard InChI is InChI=1S/C12H11Cl2NO3/c1-18-12(17)7-4-11(16)15(6-7)10-3-2-8(13)5-9(10)14/h2-3,5,7H,4,6H2,1H3. The van der Waals surface area contributed by atoms with Crippen LogP contribution in [-0.4, -0.2) is 25.5 Å². The molecule has 1 aromatic carbocycles. The minimum Gasteiger partial charge on any atom is -0.469 e. The van der Waals surface area contributed by atoms with Gasteiger partial charge in [0, 0.05) is 18.0 Å². The lowest BCUT2D eigenvalue weighted by molar-refractivity contribution is -0.145. The third kappa shape index (κ3) is 2.44. The number of carbonyl (C=O) groups is 2. The van der Waals surface area contributed by atoms with Crippen molar-refractivity contribution >= 4 is 40.8 Å². The Labute approximate surface area is 114 Å². The Balaban J connectivity index is 2.24. The van der Waals surface area contributed by atoms with E-state index in [1.807, 2.05) is 0 Å². The SMILES string of the molecule is COC(=O)C1CC(=O)N(c2ccc(Cl)cc2Cl)C1. The first kappa shape index (κ1) is 13.2. The average Bonchev–Trinajstić information content (AvgIpc) is 2.70. The van der Waals surface area contributed by atoms with Crippen molar-refractivity contribution in [2.24, 2.45) is 5.92 Å². The van der Waals surface area contributed by atoms with Crippen molar-refractivity contribution in [3.8, 4) is 0 Å². The molecule has 18 heavy (non-hydrogen) atoms. The van der Waals surface area contributed by atoms with Crippen LogP contribution in [0, 0.1) is 5.92 Å². The molecule has 1 aliphatic rings. The number of halogens is 2. The number of carbonyl (C=O) groups excluding carboxylic acids is 2. The van der Waals surface area contributed by atoms with E-state index in [1.54, 1.807) is 18.2 Å². The zero-order chi connectivity index (χ0) is 13.3. The van der Waals surface area contributed by atoms with Crippen LogP contribution in [0.25, 0.3) is 0 Å². The number of hydrogen-bond donors (Lipinski definition) is 0. The van der Waals surface area contributed by atoms with E-state index in [-0.39, 0.29) is 24.8 Å². The highest BCUT2D eigenvalue weighted by molar-refractivity contribution is 6.36. The summed E-state index contributed by atoms with van der Waals surface area (Å²) >= 11 is 11.8. The summed E-state index contributed by atoms with van der Waals surface area (Å²) in [6.07, 6.45) is 0.144. The molecule has 0 aromatic heterocycles. The number of methoxy groups -OCH3 is 1. The van der Waals surface area contributed by atoms with Crippen LogP contribution in [0.2, 0.25) is 10.0 Å². The van der Waals surface area contributed by atoms with Gasteiger partial charge >= 0.3 is 5.97 Å². The highest BCUT2D eigenvalue weighted by Crippen LogP contribution is 2.33. The number of rotatable bonds is 2. The van der Waals surface area contributed by atoms with Crippen LogP contribution in [0.1, 0.15) is 6.42 Å². The lowest BCUT2D eigenvalue weighted by atomic mass is 10.1. The summed E-state index contributed by atoms with van der Waals surface area (Å²) in [4.78, 5) is 24.8. The zero-order valence-corrected chi connectivity index (χ0v) is 11.2. The van der Waals surface area contributed by atoms with E-state index in [2.05, 4.69) is 4.74 Å². The van der Waals surface area contributed by atoms with Crippen LogP contribution in [0.3, 0.4) is 0 Å². The fourth-order valence-corrected chi connectivity index (χ4v) is 2.48. The molecule has 0 spiro atoms. The van der Waals surface area contributed by atoms with Crippen molar-refractivity contribution in [1.29, 1.82) is 0 Å². The van der Waals surface area contributed by atoms with Gasteiger partial charge in [-0.15, -0.1) is 0 Å². The molecule has 1 aliphatic heterocycles. The van der Waals surface area contributed by atoms with Gasteiger partial charge in [0.25, 0.3) is 0 Å². The second-order valence-electron chi connectivity index (χ2n) is 4.02. The third-order valence-corrected chi connectivity index (χ3v) is 3.40. The zero-order valence-electron chi connectivity index (χ0n) is 9.65. The van der Waals surface area contributed by atoms with Crippen LogP contribution in [0.15, 0.2) is 18.2 Å². The minimum atomic E-state index is -0.436. The van der Waals surface area contributed by atoms with Crippen molar-refractivity contribution in [3.05, 3.63) is 28.2 Å². The summed E-state index contributed by atoms with van der Waals surface area (Å²) in [5, 5.41) is 0.890. The Kier molecular flexibility index (Phi) is 3.78. The van der Waals surface area contributed by atoms with Crippen LogP contribution in [0.4, 0.5) is 5.69 Å². The Morgan fingerprint density at radius 1 is 1.44 bits per heavy atom. The molecule has 0 saturated carbocycles. The molecule has 1 saturated heterocycles. The molecule has 1 aromatic rings. The molecule has 0 bridgehead atoms. The molecular formula is C12H11Cl2NO3. The number of nitrogens with zero attached hydrogens (tertiary/aromatic N) is 1. The van der Waals surface area contributed by atoms with Gasteiger partial charge in [-0.1, -0.05) is 23.2 Å². The van der Waals surface area contributed by atoms with Crippen LogP contribution in [-0.2, 0) is 14.3 Å². The molecule has 6 heteroatoms. The summed E-state index contributed by atoms with van der Waals surface area (Å²) in [5.41, 5.74) is 0.567. The number of hydrogen-bond acceptors (Lipinski definition) is 3. The molecule has 1 heterocycles. The van der Waals surface area contributed by atoms with Crippen LogP contribution < -0.4 is 4.90 Å². The first-order valence-corrected chi connectivity index (χ1v) is 6.11. The summed E-state index contributed by atoms with van der Waals surface area (Å²) in [5.74, 6) is -0.959. The van der Waals surface area contributed by atoms with Gasteiger partial charge in [-0.25, -0.2) is 0 Å². The minimum absolute atomic E-state index is 0.144. The second-order valence-corrected chi connectivity index (χ2v) is 4.87. The van der Waals surface area contributed by atoms with Gasteiger partial charge in [0.05, 0.1) is 23.7 Å². The van der Waals surface area contributed by atoms with E-state index >= 15 is 0 Å². The highest BCUT2D eigenvalue weighted by Gasteiger charge is 2.36. The first-order chi connectivity index (χ1) is 8.52. The molecular weight excluding hydrogens is 277 g/mol. The Morgan fingerprint density at radius 3 is 2.78 bits per heavy atom. The number of benzene rings is 1. The van der Waals surface area contributed by atoms with Gasteiger partial charge in [0.2, 0.25) is 5.91 Å². The monoisotopic (exact) mass is 287 g/mol. The smallest absolute Gasteiger partial charge is 0.311 e. The van der Waals surface area contributed by atoms with Crippen molar-refractivity contribution in [3.63, 3.8) is 0 Å². The fourth-order valence-electron chi connectivity index (χ4n) is 1.97. The maximum atomic E-state index is 11.9. The maximum absolute atomic E-state index is 11.9. The molecule has 96 valence electrons. The summed E-state index contributed by atoms with van der Waals surface area (Å²) < 4.78 is 4.64. The van der Waals surface area contributed by atoms with Gasteiger partial charge in [0.1, 0.15) is 0 Å². The lowest BCUT2D eigenvalue weighted by Crippen LogP contribution is -2.26. The number of anilines is 1. The number of ether oxygens (including phenoxy) is 1. The van der Waals surface area contributed by atoms with E-state index in [9.17, 15) is 9.59 Å². The first-order valence-electron chi connectivity index (χ1n) is 5.36. The molecule has 1 unspecified atom stereocenters. The van der Waals surface area contributed by atoms with E-state index in [0.717, 1.165) is 0 Å². The molecule has 1 fully saturated rings. The van der Waals surface area contributed by atoms with Crippen molar-refractivity contribution in [2.75, 3.05) is 18.6 Å². The molecule has 1 amide bonds. The van der Waals surface area contributed by atoms with Crippen molar-refractivity contribution < 1.29 is 14.3 Å². The van der Waals surface area contributed by atoms with Gasteiger partial charge < -0.3 is 9.64 Å². The maximum Gasteiger partial charge on any atom is 0.311 e. The van der Waals surface area contributed by atoms with Gasteiger partial charge in [-0.3, -0.25) is 9.59 Å². The fraction of sp³-hybridized carbons (Fsp3) is 0.333. The summed E-state index contributed by atoms with van der Waals surface area (Å²) in [6.45, 7) is 0.285.